The van der Waals surface area contributed by atoms with Crippen molar-refractivity contribution >= 4 is 41.6 Å². The van der Waals surface area contributed by atoms with Crippen LogP contribution in [0.25, 0.3) is 22.3 Å². The number of phenolic OH excluding ortho intramolecular Hbond substituents is 12. The van der Waals surface area contributed by atoms with Crippen LogP contribution in [0.15, 0.2) is 29.3 Å². The summed E-state index contributed by atoms with van der Waals surface area (Å²) in [6.07, 6.45) is -13.8. The van der Waals surface area contributed by atoms with Crippen molar-refractivity contribution in [1.29, 1.82) is 0 Å². The van der Waals surface area contributed by atoms with Crippen LogP contribution in [0.3, 0.4) is 0 Å². The molecule has 1 aliphatic carbocycles. The zero-order valence-electron chi connectivity index (χ0n) is 34.7. The van der Waals surface area contributed by atoms with Crippen LogP contribution >= 0.6 is 0 Å². The molecule has 14 N–H and O–H groups in total. The van der Waals surface area contributed by atoms with E-state index in [1.165, 1.54) is 6.92 Å². The molecule has 0 spiro atoms. The van der Waals surface area contributed by atoms with Gasteiger partial charge in [0.15, 0.2) is 70.4 Å². The zero-order chi connectivity index (χ0) is 51.1. The van der Waals surface area contributed by atoms with Gasteiger partial charge in [-0.2, -0.15) is 0 Å². The molecular weight excluding hydrogens is 948 g/mol. The Balaban J connectivity index is 1.42. The first kappa shape index (κ1) is 45.8. The highest BCUT2D eigenvalue weighted by atomic mass is 16.6. The van der Waals surface area contributed by atoms with E-state index in [0.717, 1.165) is 0 Å². The number of carbonyl (C=O) groups excluding carboxylic acids is 7. The summed E-state index contributed by atoms with van der Waals surface area (Å²) in [6, 6.07) is 1.03. The lowest BCUT2D eigenvalue weighted by Gasteiger charge is -2.40. The molecule has 0 radical (unpaired) electrons. The lowest BCUT2D eigenvalue weighted by molar-refractivity contribution is -0.179. The summed E-state index contributed by atoms with van der Waals surface area (Å²) in [4.78, 5) is 101. The normalized spacial score (nSPS) is 24.6. The van der Waals surface area contributed by atoms with Crippen molar-refractivity contribution in [2.24, 2.45) is 0 Å². The van der Waals surface area contributed by atoms with Crippen LogP contribution in [-0.4, -0.2) is 162 Å². The maximum absolute atomic E-state index is 15.2. The first-order valence-corrected chi connectivity index (χ1v) is 19.9. The molecule has 27 heteroatoms. The smallest absolute Gasteiger partial charge is 0.347 e. The molecule has 0 amide bonds. The summed E-state index contributed by atoms with van der Waals surface area (Å²) in [5, 5.41) is 157. The number of cyclic esters (lactones) is 1. The van der Waals surface area contributed by atoms with E-state index in [1.54, 1.807) is 0 Å². The predicted octanol–water partition coefficient (Wildman–Crippen LogP) is -0.495. The average molecular weight is 979 g/mol. The van der Waals surface area contributed by atoms with Gasteiger partial charge < -0.3 is 99.9 Å². The molecule has 6 aliphatic rings. The number of carbonyl (C=O) groups is 7. The Bertz CT molecular complexity index is 3200. The van der Waals surface area contributed by atoms with E-state index in [0.29, 0.717) is 18.2 Å². The Morgan fingerprint density at radius 3 is 1.53 bits per heavy atom. The third-order valence-electron chi connectivity index (χ3n) is 12.3. The predicted molar refractivity (Wildman–Crippen MR) is 214 cm³/mol. The lowest BCUT2D eigenvalue weighted by atomic mass is 9.75. The molecule has 6 bridgehead atoms. The van der Waals surface area contributed by atoms with Crippen LogP contribution in [0.4, 0.5) is 0 Å². The van der Waals surface area contributed by atoms with Crippen molar-refractivity contribution in [1.82, 2.24) is 0 Å². The number of aliphatic hydroxyl groups is 2. The molecule has 10 rings (SSSR count). The second-order valence-electron chi connectivity index (χ2n) is 15.9. The molecule has 27 nitrogen and oxygen atoms in total. The fraction of sp³-hybridized carbons (Fsp3) is 0.233. The molecule has 364 valence electrons. The number of aliphatic hydroxyl groups excluding tert-OH is 1. The maximum atomic E-state index is 15.2. The summed E-state index contributed by atoms with van der Waals surface area (Å²) in [5.41, 5.74) is -18.1. The van der Waals surface area contributed by atoms with Gasteiger partial charge in [0.1, 0.15) is 12.7 Å². The molecule has 0 saturated heterocycles. The van der Waals surface area contributed by atoms with Gasteiger partial charge in [-0.1, -0.05) is 0 Å². The van der Waals surface area contributed by atoms with Gasteiger partial charge in [0.2, 0.25) is 34.4 Å². The van der Waals surface area contributed by atoms with Gasteiger partial charge in [-0.15, -0.1) is 0 Å². The van der Waals surface area contributed by atoms with Crippen LogP contribution in [0, 0.1) is 0 Å². The number of rotatable bonds is 2. The highest BCUT2D eigenvalue weighted by Crippen LogP contribution is 2.61. The standard InChI is InChI=1S/C43H30O27/c1-2-65-42(63)43(64)22-19-18-17(29(53)32(56)30(19)54)16-9(5-12(46)25(49)28(16)52)38(59)67-13-6-66-37(58)7-3-10(44)23(47)26(50)14(7)15-8(4-11(45)24(48)27(15)51)39(60)68-33(13)35(70-40(18)61)34-31(55)21(36(43)57)20(22)41(62)69-34/h3-5,13,22,31,33-35,44-56,64H,2,6H2,1H3/t13?,22?,31-,33?,34?,35?,43?/m1/s1. The highest BCUT2D eigenvalue weighted by molar-refractivity contribution is 6.25. The fourth-order valence-electron chi connectivity index (χ4n) is 9.13. The fourth-order valence-corrected chi connectivity index (χ4v) is 9.13. The van der Waals surface area contributed by atoms with Crippen molar-refractivity contribution in [3.8, 4) is 91.2 Å². The second kappa shape index (κ2) is 15.3. The second-order valence-corrected chi connectivity index (χ2v) is 15.9. The van der Waals surface area contributed by atoms with Crippen LogP contribution in [0.5, 0.6) is 69.0 Å². The monoisotopic (exact) mass is 978 g/mol. The molecule has 0 fully saturated rings. The van der Waals surface area contributed by atoms with Gasteiger partial charge in [-0.3, -0.25) is 4.79 Å². The van der Waals surface area contributed by atoms with Gasteiger partial charge in [0, 0.05) is 33.4 Å². The first-order chi connectivity index (χ1) is 32.9. The lowest BCUT2D eigenvalue weighted by Crippen LogP contribution is -2.58. The van der Waals surface area contributed by atoms with Gasteiger partial charge in [-0.25, -0.2) is 28.8 Å². The van der Waals surface area contributed by atoms with Crippen molar-refractivity contribution in [2.45, 2.75) is 49.0 Å². The number of esters is 6. The zero-order valence-corrected chi connectivity index (χ0v) is 34.7. The van der Waals surface area contributed by atoms with Crippen molar-refractivity contribution in [3.05, 3.63) is 57.2 Å². The Kier molecular flexibility index (Phi) is 10.0. The van der Waals surface area contributed by atoms with E-state index in [-0.39, 0.29) is 0 Å². The topological polar surface area (TPSA) is 458 Å². The maximum Gasteiger partial charge on any atom is 0.347 e. The quantitative estimate of drug-likeness (QED) is 0.0521. The largest absolute Gasteiger partial charge is 0.504 e. The van der Waals surface area contributed by atoms with Gasteiger partial charge in [-0.05, 0) is 25.1 Å². The minimum atomic E-state index is -3.87. The van der Waals surface area contributed by atoms with E-state index in [1.807, 2.05) is 0 Å². The number of benzene rings is 4. The van der Waals surface area contributed by atoms with E-state index in [9.17, 15) is 100 Å². The average Bonchev–Trinajstić information content (AvgIpc) is 3.54. The molecule has 7 atom stereocenters. The molecule has 5 aliphatic heterocycles. The number of fused-ring (bicyclic) bond motifs is 7. The number of Topliss-reactive ketones (excluding diaryl/α,β-unsaturated/α-hetero) is 1. The summed E-state index contributed by atoms with van der Waals surface area (Å²) < 4.78 is 32.9. The van der Waals surface area contributed by atoms with Crippen LogP contribution in [-0.2, 0) is 42.8 Å². The summed E-state index contributed by atoms with van der Waals surface area (Å²) in [5.74, 6) is -34.7. The first-order valence-electron chi connectivity index (χ1n) is 19.9. The molecule has 4 aromatic rings. The SMILES string of the molecule is CCOC(=O)C1(O)C(=O)C2=C3C(=O)OC(C4OC(=O)c5c(c(O)c(O)c(O)c5C31)-c1c(cc(O)c(O)c1O)C(=O)OC1COC(=O)c3cc(O)c(O)c(O)c3-c3c(cc(O)c(O)c3O)C(=O)OC14)[C@@H]2O. The van der Waals surface area contributed by atoms with E-state index in [4.69, 9.17) is 28.4 Å². The number of aromatic hydroxyl groups is 12. The van der Waals surface area contributed by atoms with Gasteiger partial charge >= 0.3 is 35.8 Å². The molecule has 0 saturated carbocycles. The number of phenols is 12. The van der Waals surface area contributed by atoms with Crippen molar-refractivity contribution in [3.63, 3.8) is 0 Å². The van der Waals surface area contributed by atoms with E-state index in [2.05, 4.69) is 0 Å². The van der Waals surface area contributed by atoms with Gasteiger partial charge in [0.05, 0.1) is 40.4 Å². The Labute approximate surface area is 385 Å². The number of hydrogen-bond donors (Lipinski definition) is 14. The van der Waals surface area contributed by atoms with Crippen LogP contribution in [0.2, 0.25) is 0 Å². The Morgan fingerprint density at radius 1 is 0.543 bits per heavy atom. The van der Waals surface area contributed by atoms with E-state index < -0.39 is 227 Å². The molecule has 0 aromatic heterocycles. The summed E-state index contributed by atoms with van der Waals surface area (Å²) >= 11 is 0. The Morgan fingerprint density at radius 2 is 1.00 bits per heavy atom. The van der Waals surface area contributed by atoms with Crippen LogP contribution in [0.1, 0.15) is 59.8 Å². The molecule has 5 heterocycles. The third-order valence-corrected chi connectivity index (χ3v) is 12.3. The van der Waals surface area contributed by atoms with Crippen molar-refractivity contribution in [2.75, 3.05) is 13.2 Å². The molecule has 4 aromatic carbocycles. The number of ketones is 1. The molecule has 70 heavy (non-hydrogen) atoms. The number of hydrogen-bond acceptors (Lipinski definition) is 27. The minimum Gasteiger partial charge on any atom is -0.504 e. The number of ether oxygens (including phenoxy) is 6. The molecular formula is C43H30O27. The minimum absolute atomic E-state index is 0.299. The molecule has 6 unspecified atom stereocenters. The van der Waals surface area contributed by atoms with Gasteiger partial charge in [0.25, 0.3) is 0 Å². The summed E-state index contributed by atoms with van der Waals surface area (Å²) in [7, 11) is 0. The summed E-state index contributed by atoms with van der Waals surface area (Å²) in [6.45, 7) is -0.991. The van der Waals surface area contributed by atoms with E-state index >= 15 is 4.79 Å². The van der Waals surface area contributed by atoms with Crippen molar-refractivity contribution < 1.29 is 133 Å². The highest BCUT2D eigenvalue weighted by Gasteiger charge is 2.69. The Hall–Kier alpha value is -9.37. The van der Waals surface area contributed by atoms with Crippen LogP contribution < -0.4 is 0 Å². The third kappa shape index (κ3) is 5.97.